The van der Waals surface area contributed by atoms with Crippen LogP contribution in [0.2, 0.25) is 0 Å². The third-order valence-corrected chi connectivity index (χ3v) is 5.15. The van der Waals surface area contributed by atoms with E-state index in [0.717, 1.165) is 50.6 Å². The van der Waals surface area contributed by atoms with E-state index in [-0.39, 0.29) is 6.10 Å². The molecule has 0 saturated carbocycles. The standard InChI is InChI=1S/C15H23NO3S/c17-14(15-4-2-8-20-15)9-12-11-18-7-5-16(12)10-13-3-1-6-19-13/h2,4,8,12-14,17H,1,3,5-7,9-11H2. The third-order valence-electron chi connectivity index (χ3n) is 4.18. The number of morpholine rings is 1. The molecule has 1 aromatic rings. The van der Waals surface area contributed by atoms with Gasteiger partial charge in [0.15, 0.2) is 0 Å². The molecule has 5 heteroatoms. The summed E-state index contributed by atoms with van der Waals surface area (Å²) in [6.45, 7) is 4.33. The Morgan fingerprint density at radius 1 is 1.45 bits per heavy atom. The predicted molar refractivity (Wildman–Crippen MR) is 79.0 cm³/mol. The molecule has 3 heterocycles. The van der Waals surface area contributed by atoms with Crippen LogP contribution in [0.15, 0.2) is 17.5 Å². The number of aliphatic hydroxyl groups excluding tert-OH is 1. The second kappa shape index (κ2) is 7.00. The lowest BCUT2D eigenvalue weighted by molar-refractivity contribution is -0.0448. The molecule has 2 saturated heterocycles. The van der Waals surface area contributed by atoms with Crippen molar-refractivity contribution in [2.45, 2.75) is 37.5 Å². The maximum Gasteiger partial charge on any atom is 0.0897 e. The molecule has 3 atom stereocenters. The van der Waals surface area contributed by atoms with E-state index in [2.05, 4.69) is 4.90 Å². The first kappa shape index (κ1) is 14.5. The van der Waals surface area contributed by atoms with Crippen LogP contribution in [-0.4, -0.2) is 55.1 Å². The maximum atomic E-state index is 10.3. The van der Waals surface area contributed by atoms with Crippen molar-refractivity contribution < 1.29 is 14.6 Å². The van der Waals surface area contributed by atoms with Crippen LogP contribution in [0.3, 0.4) is 0 Å². The molecule has 4 nitrogen and oxygen atoms in total. The van der Waals surface area contributed by atoms with Crippen LogP contribution in [0, 0.1) is 0 Å². The molecule has 0 aromatic carbocycles. The zero-order chi connectivity index (χ0) is 13.8. The molecule has 0 bridgehead atoms. The van der Waals surface area contributed by atoms with Crippen LogP contribution in [0.1, 0.15) is 30.2 Å². The Labute approximate surface area is 124 Å². The molecule has 0 spiro atoms. The maximum absolute atomic E-state index is 10.3. The van der Waals surface area contributed by atoms with Crippen LogP contribution < -0.4 is 0 Å². The average Bonchev–Trinajstić information content (AvgIpc) is 3.13. The molecular weight excluding hydrogens is 274 g/mol. The van der Waals surface area contributed by atoms with E-state index in [1.165, 1.54) is 6.42 Å². The van der Waals surface area contributed by atoms with Crippen molar-refractivity contribution in [3.05, 3.63) is 22.4 Å². The van der Waals surface area contributed by atoms with Crippen molar-refractivity contribution in [3.63, 3.8) is 0 Å². The molecule has 2 aliphatic heterocycles. The van der Waals surface area contributed by atoms with E-state index in [1.807, 2.05) is 17.5 Å². The first-order valence-electron chi connectivity index (χ1n) is 7.48. The van der Waals surface area contributed by atoms with E-state index < -0.39 is 0 Å². The number of aliphatic hydroxyl groups is 1. The monoisotopic (exact) mass is 297 g/mol. The van der Waals surface area contributed by atoms with Gasteiger partial charge in [0, 0.05) is 30.6 Å². The Morgan fingerprint density at radius 2 is 2.40 bits per heavy atom. The summed E-state index contributed by atoms with van der Waals surface area (Å²) < 4.78 is 11.3. The summed E-state index contributed by atoms with van der Waals surface area (Å²) in [6, 6.07) is 4.29. The van der Waals surface area contributed by atoms with E-state index in [9.17, 15) is 5.11 Å². The number of hydrogen-bond donors (Lipinski definition) is 1. The van der Waals surface area contributed by atoms with Crippen molar-refractivity contribution in [1.82, 2.24) is 4.90 Å². The zero-order valence-electron chi connectivity index (χ0n) is 11.7. The number of thiophene rings is 1. The third kappa shape index (κ3) is 3.59. The van der Waals surface area contributed by atoms with E-state index in [1.54, 1.807) is 11.3 Å². The molecule has 2 aliphatic rings. The van der Waals surface area contributed by atoms with Gasteiger partial charge in [-0.15, -0.1) is 11.3 Å². The van der Waals surface area contributed by atoms with E-state index in [0.29, 0.717) is 12.1 Å². The van der Waals surface area contributed by atoms with E-state index >= 15 is 0 Å². The topological polar surface area (TPSA) is 41.9 Å². The minimum absolute atomic E-state index is 0.296. The fourth-order valence-electron chi connectivity index (χ4n) is 3.05. The highest BCUT2D eigenvalue weighted by atomic mass is 32.1. The Morgan fingerprint density at radius 3 is 3.15 bits per heavy atom. The average molecular weight is 297 g/mol. The summed E-state index contributed by atoms with van der Waals surface area (Å²) in [6.07, 6.45) is 3.07. The van der Waals surface area contributed by atoms with Crippen LogP contribution in [0.4, 0.5) is 0 Å². The number of nitrogens with zero attached hydrogens (tertiary/aromatic N) is 1. The number of ether oxygens (including phenoxy) is 2. The van der Waals surface area contributed by atoms with Gasteiger partial charge in [-0.05, 0) is 30.7 Å². The normalized spacial score (nSPS) is 29.6. The molecule has 3 unspecified atom stereocenters. The van der Waals surface area contributed by atoms with Crippen molar-refractivity contribution in [2.24, 2.45) is 0 Å². The van der Waals surface area contributed by atoms with Gasteiger partial charge >= 0.3 is 0 Å². The van der Waals surface area contributed by atoms with Gasteiger partial charge in [-0.25, -0.2) is 0 Å². The summed E-state index contributed by atoms with van der Waals surface area (Å²) in [4.78, 5) is 3.49. The Balaban J connectivity index is 1.57. The van der Waals surface area contributed by atoms with Crippen molar-refractivity contribution in [2.75, 3.05) is 32.9 Å². The van der Waals surface area contributed by atoms with Crippen LogP contribution in [-0.2, 0) is 9.47 Å². The number of rotatable bonds is 5. The zero-order valence-corrected chi connectivity index (χ0v) is 12.6. The fraction of sp³-hybridized carbons (Fsp3) is 0.733. The molecule has 0 radical (unpaired) electrons. The molecule has 3 rings (SSSR count). The van der Waals surface area contributed by atoms with Crippen LogP contribution in [0.5, 0.6) is 0 Å². The van der Waals surface area contributed by atoms with Gasteiger partial charge in [-0.2, -0.15) is 0 Å². The largest absolute Gasteiger partial charge is 0.388 e. The lowest BCUT2D eigenvalue weighted by Gasteiger charge is -2.37. The molecule has 20 heavy (non-hydrogen) atoms. The van der Waals surface area contributed by atoms with Gasteiger partial charge in [-0.3, -0.25) is 4.90 Å². The molecule has 2 fully saturated rings. The van der Waals surface area contributed by atoms with Gasteiger partial charge in [0.2, 0.25) is 0 Å². The quantitative estimate of drug-likeness (QED) is 0.903. The lowest BCUT2D eigenvalue weighted by Crippen LogP contribution is -2.48. The summed E-state index contributed by atoms with van der Waals surface area (Å²) >= 11 is 1.62. The molecule has 1 aromatic heterocycles. The molecular formula is C15H23NO3S. The van der Waals surface area contributed by atoms with Gasteiger partial charge in [-0.1, -0.05) is 6.07 Å². The second-order valence-corrected chi connectivity index (χ2v) is 6.60. The van der Waals surface area contributed by atoms with Gasteiger partial charge in [0.25, 0.3) is 0 Å². The fourth-order valence-corrected chi connectivity index (χ4v) is 3.78. The number of hydrogen-bond acceptors (Lipinski definition) is 5. The molecule has 112 valence electrons. The first-order chi connectivity index (χ1) is 9.83. The minimum Gasteiger partial charge on any atom is -0.388 e. The smallest absolute Gasteiger partial charge is 0.0897 e. The highest BCUT2D eigenvalue weighted by Crippen LogP contribution is 2.26. The highest BCUT2D eigenvalue weighted by Gasteiger charge is 2.29. The first-order valence-corrected chi connectivity index (χ1v) is 8.36. The summed E-state index contributed by atoms with van der Waals surface area (Å²) in [5, 5.41) is 12.4. The summed E-state index contributed by atoms with van der Waals surface area (Å²) in [5.74, 6) is 0. The molecule has 0 amide bonds. The summed E-state index contributed by atoms with van der Waals surface area (Å²) in [7, 11) is 0. The van der Waals surface area contributed by atoms with E-state index in [4.69, 9.17) is 9.47 Å². The molecule has 1 N–H and O–H groups in total. The van der Waals surface area contributed by atoms with Gasteiger partial charge in [0.05, 0.1) is 25.4 Å². The lowest BCUT2D eigenvalue weighted by atomic mass is 10.0. The highest BCUT2D eigenvalue weighted by molar-refractivity contribution is 7.10. The van der Waals surface area contributed by atoms with Gasteiger partial charge in [0.1, 0.15) is 0 Å². The van der Waals surface area contributed by atoms with Crippen molar-refractivity contribution >= 4 is 11.3 Å². The predicted octanol–water partition coefficient (Wildman–Crippen LogP) is 2.05. The van der Waals surface area contributed by atoms with Gasteiger partial charge < -0.3 is 14.6 Å². The van der Waals surface area contributed by atoms with Crippen LogP contribution >= 0.6 is 11.3 Å². The Kier molecular flexibility index (Phi) is 5.07. The van der Waals surface area contributed by atoms with Crippen molar-refractivity contribution in [3.8, 4) is 0 Å². The molecule has 0 aliphatic carbocycles. The van der Waals surface area contributed by atoms with Crippen molar-refractivity contribution in [1.29, 1.82) is 0 Å². The SMILES string of the molecule is OC(CC1COCCN1CC1CCCO1)c1cccs1. The summed E-state index contributed by atoms with van der Waals surface area (Å²) in [5.41, 5.74) is 0. The minimum atomic E-state index is -0.381. The Hall–Kier alpha value is -0.460. The van der Waals surface area contributed by atoms with Crippen LogP contribution in [0.25, 0.3) is 0 Å². The Bertz CT molecular complexity index is 392. The second-order valence-electron chi connectivity index (χ2n) is 5.63.